The summed E-state index contributed by atoms with van der Waals surface area (Å²) in [6.07, 6.45) is 3.89. The molecule has 0 saturated carbocycles. The van der Waals surface area contributed by atoms with Crippen molar-refractivity contribution in [3.63, 3.8) is 0 Å². The van der Waals surface area contributed by atoms with Gasteiger partial charge >= 0.3 is 0 Å². The molecule has 1 nitrogen and oxygen atoms in total. The minimum atomic E-state index is 0.405. The fraction of sp³-hybridized carbons (Fsp3) is 0.312. The Morgan fingerprint density at radius 2 is 1.59 bits per heavy atom. The van der Waals surface area contributed by atoms with Crippen LogP contribution in [-0.2, 0) is 0 Å². The molecule has 2 aromatic rings. The molecule has 1 unspecified atom stereocenters. The van der Waals surface area contributed by atoms with Gasteiger partial charge in [0.25, 0.3) is 0 Å². The van der Waals surface area contributed by atoms with Crippen molar-refractivity contribution < 1.29 is 0 Å². The SMILES string of the molecule is CC(C)c1ccncc1C(C)c1ccccc1. The lowest BCUT2D eigenvalue weighted by atomic mass is 9.87. The van der Waals surface area contributed by atoms with Crippen LogP contribution < -0.4 is 0 Å². The molecule has 0 spiro atoms. The quantitative estimate of drug-likeness (QED) is 0.756. The third-order valence-corrected chi connectivity index (χ3v) is 3.28. The van der Waals surface area contributed by atoms with Gasteiger partial charge in [0, 0.05) is 18.3 Å². The number of aromatic nitrogens is 1. The van der Waals surface area contributed by atoms with Crippen molar-refractivity contribution in [2.75, 3.05) is 0 Å². The van der Waals surface area contributed by atoms with E-state index in [1.54, 1.807) is 0 Å². The van der Waals surface area contributed by atoms with Gasteiger partial charge in [0.15, 0.2) is 0 Å². The fourth-order valence-electron chi connectivity index (χ4n) is 2.23. The summed E-state index contributed by atoms with van der Waals surface area (Å²) in [5.41, 5.74) is 4.09. The zero-order valence-corrected chi connectivity index (χ0v) is 10.7. The van der Waals surface area contributed by atoms with Gasteiger partial charge in [0.05, 0.1) is 0 Å². The van der Waals surface area contributed by atoms with Crippen molar-refractivity contribution in [3.05, 3.63) is 65.5 Å². The summed E-state index contributed by atoms with van der Waals surface area (Å²) >= 11 is 0. The molecule has 0 radical (unpaired) electrons. The maximum Gasteiger partial charge on any atom is 0.0308 e. The number of rotatable bonds is 3. The van der Waals surface area contributed by atoms with Crippen molar-refractivity contribution in [3.8, 4) is 0 Å². The summed E-state index contributed by atoms with van der Waals surface area (Å²) in [6, 6.07) is 12.8. The van der Waals surface area contributed by atoms with E-state index in [2.05, 4.69) is 62.2 Å². The van der Waals surface area contributed by atoms with E-state index in [9.17, 15) is 0 Å². The Hall–Kier alpha value is -1.63. The van der Waals surface area contributed by atoms with Crippen LogP contribution in [0, 0.1) is 0 Å². The minimum absolute atomic E-state index is 0.405. The Labute approximate surface area is 104 Å². The second kappa shape index (κ2) is 5.13. The van der Waals surface area contributed by atoms with E-state index >= 15 is 0 Å². The smallest absolute Gasteiger partial charge is 0.0308 e. The zero-order valence-electron chi connectivity index (χ0n) is 10.7. The molecule has 0 amide bonds. The second-order valence-corrected chi connectivity index (χ2v) is 4.79. The van der Waals surface area contributed by atoms with Gasteiger partial charge in [-0.15, -0.1) is 0 Å². The molecule has 1 aromatic heterocycles. The van der Waals surface area contributed by atoms with Crippen LogP contribution in [0.25, 0.3) is 0 Å². The molecule has 0 aliphatic heterocycles. The summed E-state index contributed by atoms with van der Waals surface area (Å²) in [5, 5.41) is 0. The number of pyridine rings is 1. The molecule has 0 bridgehead atoms. The average molecular weight is 225 g/mol. The van der Waals surface area contributed by atoms with E-state index in [4.69, 9.17) is 0 Å². The Morgan fingerprint density at radius 3 is 2.24 bits per heavy atom. The van der Waals surface area contributed by atoms with Gasteiger partial charge in [0.1, 0.15) is 0 Å². The van der Waals surface area contributed by atoms with E-state index in [1.165, 1.54) is 16.7 Å². The lowest BCUT2D eigenvalue weighted by molar-refractivity contribution is 0.805. The Kier molecular flexibility index (Phi) is 3.58. The van der Waals surface area contributed by atoms with E-state index in [0.717, 1.165) is 0 Å². The molecular formula is C16H19N. The van der Waals surface area contributed by atoms with Crippen LogP contribution in [0.15, 0.2) is 48.8 Å². The lowest BCUT2D eigenvalue weighted by Crippen LogP contribution is -2.03. The molecule has 17 heavy (non-hydrogen) atoms. The Bertz CT molecular complexity index is 474. The van der Waals surface area contributed by atoms with Crippen LogP contribution in [0.1, 0.15) is 49.3 Å². The van der Waals surface area contributed by atoms with Crippen LogP contribution in [0.4, 0.5) is 0 Å². The summed E-state index contributed by atoms with van der Waals surface area (Å²) in [7, 11) is 0. The van der Waals surface area contributed by atoms with Gasteiger partial charge < -0.3 is 0 Å². The molecule has 2 rings (SSSR count). The molecule has 0 fully saturated rings. The third kappa shape index (κ3) is 2.55. The van der Waals surface area contributed by atoms with Crippen LogP contribution in [0.3, 0.4) is 0 Å². The molecule has 0 saturated heterocycles. The first kappa shape index (κ1) is 11.8. The van der Waals surface area contributed by atoms with Gasteiger partial charge in [-0.3, -0.25) is 4.98 Å². The first-order valence-electron chi connectivity index (χ1n) is 6.19. The highest BCUT2D eigenvalue weighted by molar-refractivity contribution is 5.36. The largest absolute Gasteiger partial charge is 0.264 e. The number of hydrogen-bond acceptors (Lipinski definition) is 1. The molecule has 0 N–H and O–H groups in total. The monoisotopic (exact) mass is 225 g/mol. The summed E-state index contributed by atoms with van der Waals surface area (Å²) in [5.74, 6) is 0.946. The second-order valence-electron chi connectivity index (χ2n) is 4.79. The van der Waals surface area contributed by atoms with Crippen molar-refractivity contribution in [1.29, 1.82) is 0 Å². The predicted molar refractivity (Wildman–Crippen MR) is 72.3 cm³/mol. The van der Waals surface area contributed by atoms with Gasteiger partial charge in [-0.05, 0) is 28.7 Å². The maximum atomic E-state index is 4.27. The maximum absolute atomic E-state index is 4.27. The van der Waals surface area contributed by atoms with E-state index in [-0.39, 0.29) is 0 Å². The van der Waals surface area contributed by atoms with Gasteiger partial charge in [-0.1, -0.05) is 51.1 Å². The third-order valence-electron chi connectivity index (χ3n) is 3.28. The van der Waals surface area contributed by atoms with Gasteiger partial charge in [-0.2, -0.15) is 0 Å². The van der Waals surface area contributed by atoms with Crippen molar-refractivity contribution in [2.24, 2.45) is 0 Å². The first-order chi connectivity index (χ1) is 8.20. The molecule has 1 atom stereocenters. The van der Waals surface area contributed by atoms with Crippen LogP contribution in [0.5, 0.6) is 0 Å². The summed E-state index contributed by atoms with van der Waals surface area (Å²) in [6.45, 7) is 6.71. The van der Waals surface area contributed by atoms with Crippen molar-refractivity contribution >= 4 is 0 Å². The normalized spacial score (nSPS) is 12.7. The summed E-state index contributed by atoms with van der Waals surface area (Å²) in [4.78, 5) is 4.27. The Morgan fingerprint density at radius 1 is 0.882 bits per heavy atom. The summed E-state index contributed by atoms with van der Waals surface area (Å²) < 4.78 is 0. The number of benzene rings is 1. The topological polar surface area (TPSA) is 12.9 Å². The Balaban J connectivity index is 2.41. The highest BCUT2D eigenvalue weighted by atomic mass is 14.6. The lowest BCUT2D eigenvalue weighted by Gasteiger charge is -2.18. The molecule has 88 valence electrons. The molecule has 1 heteroatoms. The molecule has 1 aromatic carbocycles. The number of nitrogens with zero attached hydrogens (tertiary/aromatic N) is 1. The van der Waals surface area contributed by atoms with Crippen molar-refractivity contribution in [2.45, 2.75) is 32.6 Å². The standard InChI is InChI=1S/C16H19N/c1-12(2)15-9-10-17-11-16(15)13(3)14-7-5-4-6-8-14/h4-13H,1-3H3. The molecule has 0 aliphatic carbocycles. The molecular weight excluding hydrogens is 206 g/mol. The van der Waals surface area contributed by atoms with Gasteiger partial charge in [0.2, 0.25) is 0 Å². The minimum Gasteiger partial charge on any atom is -0.264 e. The fourth-order valence-corrected chi connectivity index (χ4v) is 2.23. The molecule has 0 aliphatic rings. The number of hydrogen-bond donors (Lipinski definition) is 0. The molecule has 1 heterocycles. The van der Waals surface area contributed by atoms with Crippen LogP contribution >= 0.6 is 0 Å². The predicted octanol–water partition coefficient (Wildman–Crippen LogP) is 4.36. The van der Waals surface area contributed by atoms with Gasteiger partial charge in [-0.25, -0.2) is 0 Å². The zero-order chi connectivity index (χ0) is 12.3. The van der Waals surface area contributed by atoms with E-state index < -0.39 is 0 Å². The van der Waals surface area contributed by atoms with E-state index in [1.807, 2.05) is 12.4 Å². The van der Waals surface area contributed by atoms with Crippen LogP contribution in [-0.4, -0.2) is 4.98 Å². The van der Waals surface area contributed by atoms with Crippen LogP contribution in [0.2, 0.25) is 0 Å². The van der Waals surface area contributed by atoms with Crippen molar-refractivity contribution in [1.82, 2.24) is 4.98 Å². The highest BCUT2D eigenvalue weighted by Crippen LogP contribution is 2.29. The first-order valence-corrected chi connectivity index (χ1v) is 6.19. The van der Waals surface area contributed by atoms with E-state index in [0.29, 0.717) is 11.8 Å². The average Bonchev–Trinajstić information content (AvgIpc) is 2.39. The highest BCUT2D eigenvalue weighted by Gasteiger charge is 2.14.